The van der Waals surface area contributed by atoms with E-state index in [4.69, 9.17) is 0 Å². The van der Waals surface area contributed by atoms with Gasteiger partial charge >= 0.3 is 0 Å². The van der Waals surface area contributed by atoms with E-state index in [1.54, 1.807) is 0 Å². The van der Waals surface area contributed by atoms with E-state index in [9.17, 15) is 0 Å². The Morgan fingerprint density at radius 3 is 0.893 bits per heavy atom. The number of benzene rings is 7. The van der Waals surface area contributed by atoms with E-state index < -0.39 is 0 Å². The van der Waals surface area contributed by atoms with Gasteiger partial charge in [0.1, 0.15) is 10.0 Å². The van der Waals surface area contributed by atoms with Crippen LogP contribution in [0.3, 0.4) is 0 Å². The number of hydrogen-bond acceptors (Lipinski definition) is 4. The van der Waals surface area contributed by atoms with Crippen LogP contribution in [0.15, 0.2) is 206 Å². The molecule has 0 aliphatic heterocycles. The zero-order valence-corrected chi connectivity index (χ0v) is 31.9. The molecule has 7 aromatic carbocycles. The molecule has 0 aliphatic carbocycles. The molecule has 0 saturated heterocycles. The Hall–Kier alpha value is -6.86. The molecule has 11 aromatic rings. The van der Waals surface area contributed by atoms with Crippen LogP contribution in [0.2, 0.25) is 0 Å². The number of anilines is 6. The summed E-state index contributed by atoms with van der Waals surface area (Å²) in [6, 6.07) is 74.0. The molecular formula is C50H34N4S2. The van der Waals surface area contributed by atoms with Crippen LogP contribution in [-0.4, -0.2) is 9.13 Å². The number of para-hydroxylation sites is 6. The highest BCUT2D eigenvalue weighted by Crippen LogP contribution is 2.50. The van der Waals surface area contributed by atoms with Crippen molar-refractivity contribution in [1.29, 1.82) is 0 Å². The maximum absolute atomic E-state index is 2.46. The first kappa shape index (κ1) is 32.6. The average Bonchev–Trinajstić information content (AvgIpc) is 4.02. The smallest absolute Gasteiger partial charge is 0.103 e. The maximum atomic E-state index is 2.46. The lowest BCUT2D eigenvalue weighted by atomic mass is 10.2. The molecule has 56 heavy (non-hydrogen) atoms. The molecule has 0 atom stereocenters. The number of aromatic nitrogens is 2. The van der Waals surface area contributed by atoms with Crippen molar-refractivity contribution in [3.63, 3.8) is 0 Å². The molecule has 266 valence electrons. The quantitative estimate of drug-likeness (QED) is 0.154. The minimum Gasteiger partial charge on any atom is -0.308 e. The normalized spacial score (nSPS) is 11.6. The molecule has 4 nitrogen and oxygen atoms in total. The molecule has 0 unspecified atom stereocenters. The molecular weight excluding hydrogens is 721 g/mol. The SMILES string of the molecule is c1ccc(N(c2ccccc2)c2cc3c(s2)c2cc4c(cc2n3-c2ccccc2)c2sc(N(c3ccccc3)c3ccccc3)cc2n4-c2ccccc2)cc1. The minimum atomic E-state index is 1.13. The molecule has 0 amide bonds. The van der Waals surface area contributed by atoms with Crippen molar-refractivity contribution >= 4 is 97.7 Å². The van der Waals surface area contributed by atoms with Gasteiger partial charge in [-0.2, -0.15) is 0 Å². The molecule has 0 saturated carbocycles. The van der Waals surface area contributed by atoms with Crippen molar-refractivity contribution in [2.24, 2.45) is 0 Å². The molecule has 0 aliphatic rings. The van der Waals surface area contributed by atoms with Gasteiger partial charge in [-0.15, -0.1) is 22.7 Å². The van der Waals surface area contributed by atoms with Gasteiger partial charge in [0, 0.05) is 44.9 Å². The number of thiophene rings is 2. The number of nitrogens with zero attached hydrogens (tertiary/aromatic N) is 4. The fourth-order valence-electron chi connectivity index (χ4n) is 8.07. The summed E-state index contributed by atoms with van der Waals surface area (Å²) in [6.07, 6.45) is 0. The van der Waals surface area contributed by atoms with Crippen LogP contribution in [0.25, 0.3) is 53.6 Å². The monoisotopic (exact) mass is 754 g/mol. The lowest BCUT2D eigenvalue weighted by Crippen LogP contribution is -2.08. The molecule has 11 rings (SSSR count). The van der Waals surface area contributed by atoms with Crippen LogP contribution in [0.5, 0.6) is 0 Å². The molecule has 4 aromatic heterocycles. The van der Waals surface area contributed by atoms with Crippen molar-refractivity contribution < 1.29 is 0 Å². The van der Waals surface area contributed by atoms with Crippen LogP contribution in [0, 0.1) is 0 Å². The highest BCUT2D eigenvalue weighted by molar-refractivity contribution is 7.24. The van der Waals surface area contributed by atoms with E-state index in [1.165, 1.54) is 52.2 Å². The van der Waals surface area contributed by atoms with E-state index in [1.807, 2.05) is 22.7 Å². The first-order chi connectivity index (χ1) is 27.8. The molecule has 0 spiro atoms. The van der Waals surface area contributed by atoms with Gasteiger partial charge in [0.15, 0.2) is 0 Å². The van der Waals surface area contributed by atoms with Gasteiger partial charge in [0.25, 0.3) is 0 Å². The number of rotatable bonds is 8. The van der Waals surface area contributed by atoms with E-state index in [-0.39, 0.29) is 0 Å². The van der Waals surface area contributed by atoms with Gasteiger partial charge in [-0.05, 0) is 97.1 Å². The third kappa shape index (κ3) is 5.34. The summed E-state index contributed by atoms with van der Waals surface area (Å²) in [5.41, 5.74) is 11.6. The Labute approximate surface area is 332 Å². The highest BCUT2D eigenvalue weighted by atomic mass is 32.1. The first-order valence-corrected chi connectivity index (χ1v) is 20.4. The third-order valence-electron chi connectivity index (χ3n) is 10.5. The predicted molar refractivity (Wildman–Crippen MR) is 240 cm³/mol. The van der Waals surface area contributed by atoms with Crippen LogP contribution in [-0.2, 0) is 0 Å². The third-order valence-corrected chi connectivity index (χ3v) is 12.8. The Bertz CT molecular complexity index is 2820. The maximum Gasteiger partial charge on any atom is 0.103 e. The Morgan fingerprint density at radius 1 is 0.304 bits per heavy atom. The van der Waals surface area contributed by atoms with Gasteiger partial charge in [0.05, 0.1) is 31.5 Å². The van der Waals surface area contributed by atoms with Crippen molar-refractivity contribution in [3.8, 4) is 11.4 Å². The minimum absolute atomic E-state index is 1.13. The van der Waals surface area contributed by atoms with Crippen molar-refractivity contribution in [3.05, 3.63) is 206 Å². The molecule has 0 N–H and O–H groups in total. The lowest BCUT2D eigenvalue weighted by molar-refractivity contribution is 1.17. The summed E-state index contributed by atoms with van der Waals surface area (Å²) in [5.74, 6) is 0. The largest absolute Gasteiger partial charge is 0.308 e. The average molecular weight is 755 g/mol. The summed E-state index contributed by atoms with van der Waals surface area (Å²) in [7, 11) is 0. The second-order valence-corrected chi connectivity index (χ2v) is 15.9. The molecule has 4 heterocycles. The van der Waals surface area contributed by atoms with Gasteiger partial charge in [-0.3, -0.25) is 0 Å². The van der Waals surface area contributed by atoms with Gasteiger partial charge in [0.2, 0.25) is 0 Å². The fraction of sp³-hybridized carbons (Fsp3) is 0. The van der Waals surface area contributed by atoms with Crippen LogP contribution in [0.1, 0.15) is 0 Å². The van der Waals surface area contributed by atoms with E-state index in [0.717, 1.165) is 34.1 Å². The Balaban J connectivity index is 1.20. The molecule has 0 bridgehead atoms. The molecule has 0 fully saturated rings. The molecule has 6 heteroatoms. The van der Waals surface area contributed by atoms with Gasteiger partial charge in [-0.25, -0.2) is 0 Å². The lowest BCUT2D eigenvalue weighted by Gasteiger charge is -2.23. The topological polar surface area (TPSA) is 16.3 Å². The molecule has 0 radical (unpaired) electrons. The van der Waals surface area contributed by atoms with Crippen molar-refractivity contribution in [2.45, 2.75) is 0 Å². The van der Waals surface area contributed by atoms with E-state index in [0.29, 0.717) is 0 Å². The van der Waals surface area contributed by atoms with Crippen LogP contribution < -0.4 is 9.80 Å². The second-order valence-electron chi connectivity index (χ2n) is 13.8. The zero-order chi connectivity index (χ0) is 37.0. The van der Waals surface area contributed by atoms with Crippen LogP contribution >= 0.6 is 22.7 Å². The Morgan fingerprint density at radius 2 is 0.589 bits per heavy atom. The van der Waals surface area contributed by atoms with Gasteiger partial charge in [-0.1, -0.05) is 109 Å². The van der Waals surface area contributed by atoms with Gasteiger partial charge < -0.3 is 18.9 Å². The summed E-state index contributed by atoms with van der Waals surface area (Å²) in [4.78, 5) is 4.75. The van der Waals surface area contributed by atoms with E-state index in [2.05, 4.69) is 225 Å². The second kappa shape index (κ2) is 13.5. The predicted octanol–water partition coefficient (Wildman–Crippen LogP) is 14.9. The van der Waals surface area contributed by atoms with Crippen LogP contribution in [0.4, 0.5) is 32.8 Å². The first-order valence-electron chi connectivity index (χ1n) is 18.8. The summed E-state index contributed by atoms with van der Waals surface area (Å²) < 4.78 is 7.45. The summed E-state index contributed by atoms with van der Waals surface area (Å²) >= 11 is 3.71. The van der Waals surface area contributed by atoms with Crippen molar-refractivity contribution in [2.75, 3.05) is 9.80 Å². The number of fused-ring (bicyclic) bond motifs is 6. The standard InChI is InChI=1S/C50H34N4S2/c1-7-19-35(20-8-1)51(36-21-9-2-10-22-36)47-33-45-49(55-47)41-31-44-42(32-43(41)53(45)39-27-15-5-16-28-39)50-46(54(44)40-29-17-6-18-30-40)34-48(56-50)52(37-23-11-3-12-24-37)38-25-13-4-14-26-38/h1-34H. The summed E-state index contributed by atoms with van der Waals surface area (Å²) in [5, 5.41) is 4.83. The fourth-order valence-corrected chi connectivity index (χ4v) is 10.5. The Kier molecular flexibility index (Phi) is 7.83. The highest BCUT2D eigenvalue weighted by Gasteiger charge is 2.25. The van der Waals surface area contributed by atoms with Crippen molar-refractivity contribution in [1.82, 2.24) is 9.13 Å². The van der Waals surface area contributed by atoms with E-state index >= 15 is 0 Å². The number of hydrogen-bond donors (Lipinski definition) is 0. The summed E-state index contributed by atoms with van der Waals surface area (Å²) in [6.45, 7) is 0. The zero-order valence-electron chi connectivity index (χ0n) is 30.2.